The number of hydrogen-bond donors (Lipinski definition) is 0. The molecule has 1 aliphatic rings. The van der Waals surface area contributed by atoms with Gasteiger partial charge in [0.2, 0.25) is 0 Å². The van der Waals surface area contributed by atoms with Crippen molar-refractivity contribution in [2.45, 2.75) is 13.2 Å². The van der Waals surface area contributed by atoms with Crippen molar-refractivity contribution >= 4 is 52.2 Å². The molecule has 8 heteroatoms. The molecule has 0 atom stereocenters. The van der Waals surface area contributed by atoms with Crippen LogP contribution in [-0.2, 0) is 17.9 Å². The van der Waals surface area contributed by atoms with Gasteiger partial charge in [-0.25, -0.2) is 4.39 Å². The molecule has 0 bridgehead atoms. The van der Waals surface area contributed by atoms with E-state index >= 15 is 0 Å². The van der Waals surface area contributed by atoms with Gasteiger partial charge in [-0.2, -0.15) is 0 Å². The summed E-state index contributed by atoms with van der Waals surface area (Å²) in [7, 11) is 0. The van der Waals surface area contributed by atoms with E-state index in [0.717, 1.165) is 28.3 Å². The van der Waals surface area contributed by atoms with E-state index in [1.54, 1.807) is 24.3 Å². The van der Waals surface area contributed by atoms with Gasteiger partial charge >= 0.3 is 0 Å². The number of amides is 2. The molecule has 162 valence electrons. The minimum atomic E-state index is -0.483. The molecule has 0 spiro atoms. The van der Waals surface area contributed by atoms with E-state index in [0.29, 0.717) is 28.5 Å². The average molecular weight is 488 g/mol. The number of halogens is 3. The van der Waals surface area contributed by atoms with Crippen LogP contribution < -0.4 is 4.74 Å². The Bertz CT molecular complexity index is 1210. The normalized spacial score (nSPS) is 15.0. The van der Waals surface area contributed by atoms with Crippen molar-refractivity contribution in [1.29, 1.82) is 0 Å². The standard InChI is InChI=1S/C24H16Cl2FNO3S/c25-18-8-5-15(6-9-18)14-31-21-4-2-1-3-16(21)11-22-23(29)28(24(30)32-22)13-17-7-10-19(27)12-20(17)26/h1-12H,13-14H2/b22-11+. The Morgan fingerprint density at radius 2 is 1.75 bits per heavy atom. The van der Waals surface area contributed by atoms with Crippen LogP contribution in [0.2, 0.25) is 10.0 Å². The molecular weight excluding hydrogens is 472 g/mol. The monoisotopic (exact) mass is 487 g/mol. The van der Waals surface area contributed by atoms with E-state index in [4.69, 9.17) is 27.9 Å². The minimum absolute atomic E-state index is 0.0319. The van der Waals surface area contributed by atoms with E-state index in [2.05, 4.69) is 0 Å². The topological polar surface area (TPSA) is 46.6 Å². The Morgan fingerprint density at radius 3 is 2.50 bits per heavy atom. The van der Waals surface area contributed by atoms with Crippen molar-refractivity contribution in [1.82, 2.24) is 4.90 Å². The first-order valence-corrected chi connectivity index (χ1v) is 11.1. The number of thioether (sulfide) groups is 1. The van der Waals surface area contributed by atoms with Gasteiger partial charge in [0.1, 0.15) is 18.2 Å². The highest BCUT2D eigenvalue weighted by Crippen LogP contribution is 2.35. The molecule has 3 aromatic carbocycles. The van der Waals surface area contributed by atoms with Crippen molar-refractivity contribution in [3.8, 4) is 5.75 Å². The van der Waals surface area contributed by atoms with Crippen LogP contribution in [-0.4, -0.2) is 16.0 Å². The van der Waals surface area contributed by atoms with Crippen LogP contribution in [0.5, 0.6) is 5.75 Å². The Labute approximate surface area is 198 Å². The molecule has 4 rings (SSSR count). The maximum absolute atomic E-state index is 13.3. The van der Waals surface area contributed by atoms with E-state index < -0.39 is 17.0 Å². The van der Waals surface area contributed by atoms with Gasteiger partial charge in [-0.1, -0.05) is 59.6 Å². The molecule has 4 nitrogen and oxygen atoms in total. The maximum atomic E-state index is 13.3. The van der Waals surface area contributed by atoms with Crippen LogP contribution in [0, 0.1) is 5.82 Å². The number of nitrogens with zero attached hydrogens (tertiary/aromatic N) is 1. The van der Waals surface area contributed by atoms with Gasteiger partial charge in [-0.3, -0.25) is 14.5 Å². The molecule has 2 amide bonds. The summed E-state index contributed by atoms with van der Waals surface area (Å²) in [4.78, 5) is 26.7. The van der Waals surface area contributed by atoms with Crippen molar-refractivity contribution in [2.24, 2.45) is 0 Å². The lowest BCUT2D eigenvalue weighted by Gasteiger charge is -2.13. The lowest BCUT2D eigenvalue weighted by atomic mass is 10.1. The number of para-hydroxylation sites is 1. The molecule has 0 saturated carbocycles. The maximum Gasteiger partial charge on any atom is 0.293 e. The van der Waals surface area contributed by atoms with Crippen LogP contribution in [0.4, 0.5) is 9.18 Å². The summed E-state index contributed by atoms with van der Waals surface area (Å²) < 4.78 is 19.2. The zero-order valence-corrected chi connectivity index (χ0v) is 18.9. The number of rotatable bonds is 6. The summed E-state index contributed by atoms with van der Waals surface area (Å²) in [5, 5.41) is 0.391. The minimum Gasteiger partial charge on any atom is -0.488 e. The fourth-order valence-corrected chi connectivity index (χ4v) is 4.25. The molecule has 0 radical (unpaired) electrons. The predicted octanol–water partition coefficient (Wildman–Crippen LogP) is 6.95. The van der Waals surface area contributed by atoms with Crippen molar-refractivity contribution in [3.05, 3.63) is 104 Å². The Kier molecular flexibility index (Phi) is 6.84. The van der Waals surface area contributed by atoms with Crippen LogP contribution >= 0.6 is 35.0 Å². The molecule has 1 fully saturated rings. The lowest BCUT2D eigenvalue weighted by Crippen LogP contribution is -2.27. The number of imide groups is 1. The summed E-state index contributed by atoms with van der Waals surface area (Å²) in [6, 6.07) is 18.4. The van der Waals surface area contributed by atoms with Crippen molar-refractivity contribution in [3.63, 3.8) is 0 Å². The SMILES string of the molecule is O=C1S/C(=C/c2ccccc2OCc2ccc(Cl)cc2)C(=O)N1Cc1ccc(F)cc1Cl. The highest BCUT2D eigenvalue weighted by molar-refractivity contribution is 8.18. The van der Waals surface area contributed by atoms with E-state index in [9.17, 15) is 14.0 Å². The summed E-state index contributed by atoms with van der Waals surface area (Å²) in [5.74, 6) is -0.341. The van der Waals surface area contributed by atoms with Gasteiger partial charge in [0, 0.05) is 15.6 Å². The zero-order valence-electron chi connectivity index (χ0n) is 16.6. The molecular formula is C24H16Cl2FNO3S. The fraction of sp³-hybridized carbons (Fsp3) is 0.0833. The van der Waals surface area contributed by atoms with Crippen LogP contribution in [0.3, 0.4) is 0 Å². The smallest absolute Gasteiger partial charge is 0.293 e. The summed E-state index contributed by atoms with van der Waals surface area (Å²) >= 11 is 12.8. The van der Waals surface area contributed by atoms with E-state index in [-0.39, 0.29) is 16.5 Å². The molecule has 0 unspecified atom stereocenters. The third-order valence-electron chi connectivity index (χ3n) is 4.73. The highest BCUT2D eigenvalue weighted by Gasteiger charge is 2.35. The Balaban J connectivity index is 1.52. The first-order chi connectivity index (χ1) is 15.4. The quantitative estimate of drug-likeness (QED) is 0.353. The van der Waals surface area contributed by atoms with E-state index in [1.807, 2.05) is 30.3 Å². The number of benzene rings is 3. The van der Waals surface area contributed by atoms with Crippen LogP contribution in [0.1, 0.15) is 16.7 Å². The first-order valence-electron chi connectivity index (χ1n) is 9.56. The number of hydrogen-bond acceptors (Lipinski definition) is 4. The number of carbonyl (C=O) groups excluding carboxylic acids is 2. The molecule has 1 saturated heterocycles. The largest absolute Gasteiger partial charge is 0.488 e. The van der Waals surface area contributed by atoms with Gasteiger partial charge in [-0.05, 0) is 59.3 Å². The predicted molar refractivity (Wildman–Crippen MR) is 125 cm³/mol. The first kappa shape index (κ1) is 22.4. The molecule has 32 heavy (non-hydrogen) atoms. The molecule has 1 aliphatic heterocycles. The second-order valence-corrected chi connectivity index (χ2v) is 8.79. The average Bonchev–Trinajstić information content (AvgIpc) is 3.03. The third-order valence-corrected chi connectivity index (χ3v) is 6.24. The summed E-state index contributed by atoms with van der Waals surface area (Å²) in [6.07, 6.45) is 1.63. The summed E-state index contributed by atoms with van der Waals surface area (Å²) in [6.45, 7) is 0.294. The van der Waals surface area contributed by atoms with Crippen molar-refractivity contribution in [2.75, 3.05) is 0 Å². The fourth-order valence-electron chi connectivity index (χ4n) is 3.07. The lowest BCUT2D eigenvalue weighted by molar-refractivity contribution is -0.123. The Hall–Kier alpha value is -2.80. The van der Waals surface area contributed by atoms with Gasteiger partial charge in [-0.15, -0.1) is 0 Å². The second kappa shape index (κ2) is 9.77. The summed E-state index contributed by atoms with van der Waals surface area (Å²) in [5.41, 5.74) is 2.11. The highest BCUT2D eigenvalue weighted by atomic mass is 35.5. The molecule has 3 aromatic rings. The van der Waals surface area contributed by atoms with Gasteiger partial charge in [0.25, 0.3) is 11.1 Å². The van der Waals surface area contributed by atoms with Gasteiger partial charge < -0.3 is 4.74 Å². The third kappa shape index (κ3) is 5.15. The molecule has 0 aliphatic carbocycles. The second-order valence-electron chi connectivity index (χ2n) is 6.96. The van der Waals surface area contributed by atoms with E-state index in [1.165, 1.54) is 12.1 Å². The van der Waals surface area contributed by atoms with Crippen molar-refractivity contribution < 1.29 is 18.7 Å². The molecule has 1 heterocycles. The van der Waals surface area contributed by atoms with Gasteiger partial charge in [0.15, 0.2) is 0 Å². The molecule has 0 N–H and O–H groups in total. The van der Waals surface area contributed by atoms with Crippen LogP contribution in [0.25, 0.3) is 6.08 Å². The number of carbonyl (C=O) groups is 2. The molecule has 0 aromatic heterocycles. The zero-order chi connectivity index (χ0) is 22.7. The van der Waals surface area contributed by atoms with Gasteiger partial charge in [0.05, 0.1) is 11.4 Å². The Morgan fingerprint density at radius 1 is 1.00 bits per heavy atom. The number of ether oxygens (including phenoxy) is 1. The van der Waals surface area contributed by atoms with Crippen LogP contribution in [0.15, 0.2) is 71.6 Å².